The molecule has 1 aliphatic rings. The third-order valence-electron chi connectivity index (χ3n) is 4.12. The second-order valence-corrected chi connectivity index (χ2v) is 5.69. The van der Waals surface area contributed by atoms with Crippen LogP contribution >= 0.6 is 0 Å². The first-order chi connectivity index (χ1) is 9.90. The first-order valence-corrected chi connectivity index (χ1v) is 7.41. The third-order valence-corrected chi connectivity index (χ3v) is 4.12. The average molecular weight is 267 g/mol. The van der Waals surface area contributed by atoms with Crippen molar-refractivity contribution in [3.8, 4) is 0 Å². The van der Waals surface area contributed by atoms with Crippen LogP contribution in [0.1, 0.15) is 30.4 Å². The van der Waals surface area contributed by atoms with E-state index in [1.165, 1.54) is 36.8 Å². The van der Waals surface area contributed by atoms with Crippen molar-refractivity contribution in [1.82, 2.24) is 15.3 Å². The summed E-state index contributed by atoms with van der Waals surface area (Å²) in [5, 5.41) is 3.63. The molecule has 20 heavy (non-hydrogen) atoms. The molecule has 1 saturated carbocycles. The Balaban J connectivity index is 1.45. The Bertz CT molecular complexity index is 512. The van der Waals surface area contributed by atoms with Crippen molar-refractivity contribution in [1.29, 1.82) is 0 Å². The molecule has 3 nitrogen and oxygen atoms in total. The monoisotopic (exact) mass is 267 g/mol. The summed E-state index contributed by atoms with van der Waals surface area (Å²) in [7, 11) is 0. The van der Waals surface area contributed by atoms with E-state index in [4.69, 9.17) is 0 Å². The Hall–Kier alpha value is -1.74. The Kier molecular flexibility index (Phi) is 4.38. The zero-order valence-electron chi connectivity index (χ0n) is 11.7. The van der Waals surface area contributed by atoms with Crippen LogP contribution in [-0.4, -0.2) is 16.0 Å². The van der Waals surface area contributed by atoms with Gasteiger partial charge in [-0.3, -0.25) is 0 Å². The molecule has 2 unspecified atom stereocenters. The molecule has 0 radical (unpaired) electrons. The van der Waals surface area contributed by atoms with Crippen LogP contribution in [0, 0.1) is 5.92 Å². The summed E-state index contributed by atoms with van der Waals surface area (Å²) in [5.41, 5.74) is 2.63. The number of nitrogens with zero attached hydrogens (tertiary/aromatic N) is 2. The molecule has 0 amide bonds. The van der Waals surface area contributed by atoms with Crippen molar-refractivity contribution in [3.63, 3.8) is 0 Å². The normalized spacial score (nSPS) is 22.0. The van der Waals surface area contributed by atoms with Crippen molar-refractivity contribution in [2.45, 2.75) is 38.3 Å². The first kappa shape index (κ1) is 13.3. The zero-order chi connectivity index (χ0) is 13.6. The molecule has 2 aromatic rings. The molecule has 1 fully saturated rings. The molecule has 1 aromatic heterocycles. The predicted molar refractivity (Wildman–Crippen MR) is 80.1 cm³/mol. The number of aromatic nitrogens is 2. The van der Waals surface area contributed by atoms with Crippen LogP contribution in [0.15, 0.2) is 49.1 Å². The Labute approximate surface area is 120 Å². The summed E-state index contributed by atoms with van der Waals surface area (Å²) in [6, 6.07) is 11.5. The van der Waals surface area contributed by atoms with Crippen molar-refractivity contribution in [3.05, 3.63) is 60.2 Å². The lowest BCUT2D eigenvalue weighted by molar-refractivity contribution is 0.483. The second-order valence-electron chi connectivity index (χ2n) is 5.69. The van der Waals surface area contributed by atoms with Gasteiger partial charge in [0.2, 0.25) is 0 Å². The minimum atomic E-state index is 0.643. The second kappa shape index (κ2) is 6.62. The van der Waals surface area contributed by atoms with Gasteiger partial charge in [-0.15, -0.1) is 0 Å². The molecule has 1 N–H and O–H groups in total. The van der Waals surface area contributed by atoms with Crippen LogP contribution < -0.4 is 5.32 Å². The van der Waals surface area contributed by atoms with Crippen LogP contribution in [-0.2, 0) is 13.0 Å². The summed E-state index contributed by atoms with van der Waals surface area (Å²) in [6.07, 6.45) is 10.5. The van der Waals surface area contributed by atoms with E-state index >= 15 is 0 Å². The SMILES string of the molecule is c1ccc(CC2CCC(NCc3cncnc3)C2)cc1. The van der Waals surface area contributed by atoms with Gasteiger partial charge in [0, 0.05) is 30.5 Å². The third kappa shape index (κ3) is 3.64. The fourth-order valence-electron chi connectivity index (χ4n) is 3.08. The highest BCUT2D eigenvalue weighted by atomic mass is 14.9. The fraction of sp³-hybridized carbons (Fsp3) is 0.412. The lowest BCUT2D eigenvalue weighted by atomic mass is 9.98. The molecule has 0 saturated heterocycles. The summed E-state index contributed by atoms with van der Waals surface area (Å²) in [4.78, 5) is 8.10. The van der Waals surface area contributed by atoms with Gasteiger partial charge < -0.3 is 5.32 Å². The molecule has 104 valence electrons. The molecule has 1 aliphatic carbocycles. The standard InChI is InChI=1S/C17H21N3/c1-2-4-14(5-3-1)8-15-6-7-17(9-15)20-12-16-10-18-13-19-11-16/h1-5,10-11,13,15,17,20H,6-9,12H2. The highest BCUT2D eigenvalue weighted by Gasteiger charge is 2.24. The smallest absolute Gasteiger partial charge is 0.115 e. The van der Waals surface area contributed by atoms with Crippen molar-refractivity contribution >= 4 is 0 Å². The molecule has 1 aromatic carbocycles. The van der Waals surface area contributed by atoms with Crippen molar-refractivity contribution in [2.75, 3.05) is 0 Å². The van der Waals surface area contributed by atoms with Gasteiger partial charge in [0.25, 0.3) is 0 Å². The minimum absolute atomic E-state index is 0.643. The topological polar surface area (TPSA) is 37.8 Å². The number of hydrogen-bond donors (Lipinski definition) is 1. The van der Waals surface area contributed by atoms with E-state index < -0.39 is 0 Å². The number of rotatable bonds is 5. The van der Waals surface area contributed by atoms with Gasteiger partial charge in [-0.1, -0.05) is 30.3 Å². The summed E-state index contributed by atoms with van der Waals surface area (Å²) in [5.74, 6) is 0.821. The molecule has 0 bridgehead atoms. The van der Waals surface area contributed by atoms with Crippen LogP contribution in [0.4, 0.5) is 0 Å². The molecular weight excluding hydrogens is 246 g/mol. The quantitative estimate of drug-likeness (QED) is 0.905. The van der Waals surface area contributed by atoms with Gasteiger partial charge in [-0.25, -0.2) is 9.97 Å². The van der Waals surface area contributed by atoms with Crippen LogP contribution in [0.5, 0.6) is 0 Å². The van der Waals surface area contributed by atoms with E-state index in [9.17, 15) is 0 Å². The largest absolute Gasteiger partial charge is 0.310 e. The molecular formula is C17H21N3. The van der Waals surface area contributed by atoms with Crippen molar-refractivity contribution in [2.24, 2.45) is 5.92 Å². The fourth-order valence-corrected chi connectivity index (χ4v) is 3.08. The Morgan fingerprint density at radius 1 is 1.00 bits per heavy atom. The Morgan fingerprint density at radius 3 is 2.60 bits per heavy atom. The number of nitrogens with one attached hydrogen (secondary N) is 1. The van der Waals surface area contributed by atoms with Gasteiger partial charge in [-0.2, -0.15) is 0 Å². The van der Waals surface area contributed by atoms with Gasteiger partial charge in [0.1, 0.15) is 6.33 Å². The van der Waals surface area contributed by atoms with Crippen LogP contribution in [0.2, 0.25) is 0 Å². The minimum Gasteiger partial charge on any atom is -0.310 e. The number of hydrogen-bond acceptors (Lipinski definition) is 3. The van der Waals surface area contributed by atoms with Crippen LogP contribution in [0.25, 0.3) is 0 Å². The van der Waals surface area contributed by atoms with E-state index in [1.54, 1.807) is 6.33 Å². The van der Waals surface area contributed by atoms with Crippen LogP contribution in [0.3, 0.4) is 0 Å². The maximum absolute atomic E-state index is 4.05. The van der Waals surface area contributed by atoms with E-state index in [0.717, 1.165) is 12.5 Å². The first-order valence-electron chi connectivity index (χ1n) is 7.41. The van der Waals surface area contributed by atoms with Crippen molar-refractivity contribution < 1.29 is 0 Å². The average Bonchev–Trinajstić information content (AvgIpc) is 2.95. The van der Waals surface area contributed by atoms with Gasteiger partial charge in [0.15, 0.2) is 0 Å². The number of benzene rings is 1. The van der Waals surface area contributed by atoms with E-state index in [0.29, 0.717) is 6.04 Å². The highest BCUT2D eigenvalue weighted by Crippen LogP contribution is 2.28. The van der Waals surface area contributed by atoms with E-state index in [1.807, 2.05) is 12.4 Å². The maximum atomic E-state index is 4.05. The maximum Gasteiger partial charge on any atom is 0.115 e. The van der Waals surface area contributed by atoms with E-state index in [2.05, 4.69) is 45.6 Å². The van der Waals surface area contributed by atoms with Gasteiger partial charge in [-0.05, 0) is 37.2 Å². The van der Waals surface area contributed by atoms with Gasteiger partial charge in [0.05, 0.1) is 0 Å². The molecule has 1 heterocycles. The van der Waals surface area contributed by atoms with Gasteiger partial charge >= 0.3 is 0 Å². The molecule has 2 atom stereocenters. The molecule has 3 rings (SSSR count). The Morgan fingerprint density at radius 2 is 1.80 bits per heavy atom. The zero-order valence-corrected chi connectivity index (χ0v) is 11.7. The summed E-state index contributed by atoms with van der Waals surface area (Å²) < 4.78 is 0. The van der Waals surface area contributed by atoms with E-state index in [-0.39, 0.29) is 0 Å². The highest BCUT2D eigenvalue weighted by molar-refractivity contribution is 5.15. The molecule has 0 spiro atoms. The predicted octanol–water partition coefficient (Wildman–Crippen LogP) is 2.98. The summed E-state index contributed by atoms with van der Waals surface area (Å²) >= 11 is 0. The molecule has 3 heteroatoms. The molecule has 0 aliphatic heterocycles. The lowest BCUT2D eigenvalue weighted by Crippen LogP contribution is -2.26. The lowest BCUT2D eigenvalue weighted by Gasteiger charge is -2.13. The summed E-state index contributed by atoms with van der Waals surface area (Å²) in [6.45, 7) is 0.879.